The van der Waals surface area contributed by atoms with Crippen molar-refractivity contribution in [3.63, 3.8) is 0 Å². The first-order chi connectivity index (χ1) is 23.9. The molecule has 0 bridgehead atoms. The van der Waals surface area contributed by atoms with Crippen LogP contribution >= 0.6 is 23.1 Å². The first-order valence-corrected chi connectivity index (χ1v) is 16.7. The molecule has 258 valence electrons. The summed E-state index contributed by atoms with van der Waals surface area (Å²) in [6.45, 7) is 5.12. The number of rotatable bonds is 9. The molecular weight excluding hydrogens is 694 g/mol. The van der Waals surface area contributed by atoms with Gasteiger partial charge in [-0.05, 0) is 68.9 Å². The molecule has 0 aliphatic carbocycles. The Morgan fingerprint density at radius 2 is 1.80 bits per heavy atom. The Balaban J connectivity index is 1.41. The number of ether oxygens (including phenoxy) is 3. The average Bonchev–Trinajstić information content (AvgIpc) is 3.65. The first kappa shape index (κ1) is 34.7. The van der Waals surface area contributed by atoms with Gasteiger partial charge in [-0.2, -0.15) is 13.2 Å². The largest absolute Gasteiger partial charge is 0.497 e. The van der Waals surface area contributed by atoms with Crippen LogP contribution in [0, 0.1) is 0 Å². The van der Waals surface area contributed by atoms with Crippen LogP contribution in [0.2, 0.25) is 0 Å². The number of fused-ring (bicyclic) bond motifs is 1. The van der Waals surface area contributed by atoms with E-state index in [4.69, 9.17) is 18.6 Å². The van der Waals surface area contributed by atoms with E-state index in [9.17, 15) is 22.8 Å². The molecule has 1 atom stereocenters. The minimum atomic E-state index is -4.69. The van der Waals surface area contributed by atoms with Crippen LogP contribution < -0.4 is 24.4 Å². The van der Waals surface area contributed by atoms with Crippen LogP contribution in [0.5, 0.6) is 11.5 Å². The lowest BCUT2D eigenvalue weighted by molar-refractivity contribution is -0.143. The molecule has 0 fully saturated rings. The number of alkyl halides is 3. The van der Waals surface area contributed by atoms with E-state index >= 15 is 0 Å². The molecule has 2 aromatic carbocycles. The number of carbonyl (C=O) groups is 1. The lowest BCUT2D eigenvalue weighted by Crippen LogP contribution is -2.40. The molecule has 0 N–H and O–H groups in total. The normalized spacial score (nSPS) is 14.8. The van der Waals surface area contributed by atoms with Crippen molar-refractivity contribution in [2.24, 2.45) is 4.99 Å². The lowest BCUT2D eigenvalue weighted by atomic mass is 9.94. The van der Waals surface area contributed by atoms with E-state index in [1.54, 1.807) is 81.4 Å². The Morgan fingerprint density at radius 3 is 2.48 bits per heavy atom. The number of benzene rings is 2. The van der Waals surface area contributed by atoms with Crippen LogP contribution in [0.25, 0.3) is 17.3 Å². The van der Waals surface area contributed by atoms with Gasteiger partial charge < -0.3 is 18.6 Å². The summed E-state index contributed by atoms with van der Waals surface area (Å²) >= 11 is 1.89. The molecule has 4 heterocycles. The van der Waals surface area contributed by atoms with Crippen molar-refractivity contribution >= 4 is 35.1 Å². The summed E-state index contributed by atoms with van der Waals surface area (Å²) in [6, 6.07) is 16.6. The number of hydrogen-bond donors (Lipinski definition) is 0. The fourth-order valence-corrected chi connectivity index (χ4v) is 7.03. The van der Waals surface area contributed by atoms with E-state index in [2.05, 4.69) is 15.0 Å². The highest BCUT2D eigenvalue weighted by atomic mass is 32.2. The molecule has 0 radical (unpaired) electrons. The number of esters is 1. The Kier molecular flexibility index (Phi) is 9.71. The van der Waals surface area contributed by atoms with Crippen LogP contribution in [0.4, 0.5) is 13.2 Å². The molecule has 0 amide bonds. The van der Waals surface area contributed by atoms with E-state index in [0.29, 0.717) is 33.1 Å². The van der Waals surface area contributed by atoms with Gasteiger partial charge in [0.15, 0.2) is 15.1 Å². The molecule has 5 aromatic rings. The Bertz CT molecular complexity index is 2300. The standard InChI is InChI=1S/C35H29F3N4O6S2/c1-18(2)47-32(44)29-19(3)39-34-42(30(29)23-15-21(45-4)11-13-25(23)46-5)31(43)26(49-34)16-22-12-14-28(48-22)50-33-40-24(20-9-7-6-8-10-20)17-27(41-33)35(36,37)38/h6-18,30H,1-5H3/b26-16-/t30-/m0/s1. The molecule has 3 aromatic heterocycles. The van der Waals surface area contributed by atoms with Crippen LogP contribution in [-0.2, 0) is 15.7 Å². The van der Waals surface area contributed by atoms with E-state index in [1.807, 2.05) is 0 Å². The average molecular weight is 723 g/mol. The molecule has 0 saturated carbocycles. The molecule has 10 nitrogen and oxygen atoms in total. The third-order valence-electron chi connectivity index (χ3n) is 7.45. The van der Waals surface area contributed by atoms with Gasteiger partial charge >= 0.3 is 12.1 Å². The van der Waals surface area contributed by atoms with Gasteiger partial charge in [-0.15, -0.1) is 0 Å². The second kappa shape index (κ2) is 14.0. The second-order valence-corrected chi connectivity index (χ2v) is 13.2. The smallest absolute Gasteiger partial charge is 0.433 e. The summed E-state index contributed by atoms with van der Waals surface area (Å²) in [7, 11) is 2.99. The third-order valence-corrected chi connectivity index (χ3v) is 9.22. The number of nitrogens with zero attached hydrogens (tertiary/aromatic N) is 4. The lowest BCUT2D eigenvalue weighted by Gasteiger charge is -2.26. The van der Waals surface area contributed by atoms with Crippen molar-refractivity contribution in [2.75, 3.05) is 14.2 Å². The molecule has 50 heavy (non-hydrogen) atoms. The molecule has 0 unspecified atom stereocenters. The SMILES string of the molecule is COc1ccc(OC)c([C@H]2C(C(=O)OC(C)C)=C(C)N=c3s/c(=C\c4ccc(Sc5nc(-c6ccccc6)cc(C(F)(F)F)n5)o4)c(=O)n32)c1. The molecule has 1 aliphatic rings. The first-order valence-electron chi connectivity index (χ1n) is 15.1. The van der Waals surface area contributed by atoms with E-state index in [1.165, 1.54) is 24.9 Å². The van der Waals surface area contributed by atoms with Gasteiger partial charge in [0.1, 0.15) is 29.0 Å². The molecule has 6 rings (SSSR count). The van der Waals surface area contributed by atoms with Gasteiger partial charge in [-0.3, -0.25) is 9.36 Å². The highest BCUT2D eigenvalue weighted by Crippen LogP contribution is 2.38. The number of carbonyl (C=O) groups excluding carboxylic acids is 1. The number of halogens is 3. The molecule has 0 saturated heterocycles. The Labute approximate surface area is 291 Å². The number of thiazole rings is 1. The van der Waals surface area contributed by atoms with Gasteiger partial charge in [-0.1, -0.05) is 41.7 Å². The Morgan fingerprint density at radius 1 is 1.04 bits per heavy atom. The van der Waals surface area contributed by atoms with Gasteiger partial charge in [0.25, 0.3) is 5.56 Å². The number of aromatic nitrogens is 3. The zero-order valence-corrected chi connectivity index (χ0v) is 28.9. The van der Waals surface area contributed by atoms with Gasteiger partial charge in [0, 0.05) is 17.2 Å². The van der Waals surface area contributed by atoms with E-state index in [0.717, 1.165) is 29.2 Å². The fraction of sp³-hybridized carbons (Fsp3) is 0.229. The van der Waals surface area contributed by atoms with Crippen LogP contribution in [0.1, 0.15) is 43.8 Å². The zero-order valence-electron chi connectivity index (χ0n) is 27.3. The van der Waals surface area contributed by atoms with Gasteiger partial charge in [0.2, 0.25) is 0 Å². The maximum atomic E-state index is 14.1. The summed E-state index contributed by atoms with van der Waals surface area (Å²) in [6.07, 6.45) is -3.63. The highest BCUT2D eigenvalue weighted by Gasteiger charge is 2.36. The predicted octanol–water partition coefficient (Wildman–Crippen LogP) is 6.42. The van der Waals surface area contributed by atoms with Crippen molar-refractivity contribution in [2.45, 2.75) is 49.3 Å². The van der Waals surface area contributed by atoms with Gasteiger partial charge in [0.05, 0.1) is 41.8 Å². The quantitative estimate of drug-likeness (QED) is 0.125. The van der Waals surface area contributed by atoms with Crippen LogP contribution in [0.3, 0.4) is 0 Å². The van der Waals surface area contributed by atoms with E-state index in [-0.39, 0.29) is 31.8 Å². The summed E-state index contributed by atoms with van der Waals surface area (Å²) in [4.78, 5) is 40.6. The maximum absolute atomic E-state index is 14.1. The van der Waals surface area contributed by atoms with Crippen molar-refractivity contribution < 1.29 is 36.6 Å². The molecule has 0 spiro atoms. The number of methoxy groups -OCH3 is 2. The predicted molar refractivity (Wildman–Crippen MR) is 180 cm³/mol. The van der Waals surface area contributed by atoms with Crippen LogP contribution in [-0.4, -0.2) is 40.8 Å². The summed E-state index contributed by atoms with van der Waals surface area (Å²) in [5.41, 5.74) is 0.0668. The highest BCUT2D eigenvalue weighted by molar-refractivity contribution is 7.99. The van der Waals surface area contributed by atoms with Crippen LogP contribution in [0.15, 0.2) is 102 Å². The monoisotopic (exact) mass is 722 g/mol. The van der Waals surface area contributed by atoms with Crippen molar-refractivity contribution in [3.8, 4) is 22.8 Å². The van der Waals surface area contributed by atoms with Crippen molar-refractivity contribution in [1.29, 1.82) is 0 Å². The van der Waals surface area contributed by atoms with Gasteiger partial charge in [-0.25, -0.2) is 19.8 Å². The second-order valence-electron chi connectivity index (χ2n) is 11.2. The fourth-order valence-electron chi connectivity index (χ4n) is 5.27. The summed E-state index contributed by atoms with van der Waals surface area (Å²) in [5.74, 6) is 0.509. The van der Waals surface area contributed by atoms with E-state index < -0.39 is 35.5 Å². The topological polar surface area (TPSA) is 118 Å². The maximum Gasteiger partial charge on any atom is 0.433 e. The number of hydrogen-bond acceptors (Lipinski definition) is 11. The van der Waals surface area contributed by atoms with Crippen molar-refractivity contribution in [1.82, 2.24) is 14.5 Å². The third kappa shape index (κ3) is 7.09. The zero-order chi connectivity index (χ0) is 35.7. The molecular formula is C35H29F3N4O6S2. The number of allylic oxidation sites excluding steroid dienone is 1. The number of furan rings is 1. The minimum absolute atomic E-state index is 0.109. The molecule has 1 aliphatic heterocycles. The van der Waals surface area contributed by atoms with Crippen molar-refractivity contribution in [3.05, 3.63) is 115 Å². The summed E-state index contributed by atoms with van der Waals surface area (Å²) in [5, 5.41) is 0.0402. The Hall–Kier alpha value is -5.15. The minimum Gasteiger partial charge on any atom is -0.497 e. The summed E-state index contributed by atoms with van der Waals surface area (Å²) < 4.78 is 65.4. The molecule has 15 heteroatoms.